The molecule has 2 heterocycles. The van der Waals surface area contributed by atoms with E-state index < -0.39 is 0 Å². The lowest BCUT2D eigenvalue weighted by atomic mass is 10.1. The first-order chi connectivity index (χ1) is 9.08. The van der Waals surface area contributed by atoms with E-state index in [4.69, 9.17) is 0 Å². The van der Waals surface area contributed by atoms with Gasteiger partial charge in [-0.2, -0.15) is 0 Å². The molecule has 2 aromatic heterocycles. The Morgan fingerprint density at radius 2 is 2.32 bits per heavy atom. The van der Waals surface area contributed by atoms with Gasteiger partial charge in [0.2, 0.25) is 0 Å². The molecule has 0 aromatic carbocycles. The van der Waals surface area contributed by atoms with Crippen molar-refractivity contribution in [1.29, 1.82) is 0 Å². The van der Waals surface area contributed by atoms with Crippen LogP contribution in [0.5, 0.6) is 0 Å². The number of pyridine rings is 1. The molecule has 1 amide bonds. The Hall–Kier alpha value is -2.17. The van der Waals surface area contributed by atoms with Crippen LogP contribution in [0.25, 0.3) is 0 Å². The highest BCUT2D eigenvalue weighted by Crippen LogP contribution is 2.09. The number of aryl methyl sites for hydroxylation is 1. The molecule has 19 heavy (non-hydrogen) atoms. The zero-order valence-electron chi connectivity index (χ0n) is 11.4. The van der Waals surface area contributed by atoms with E-state index in [1.165, 1.54) is 18.1 Å². The summed E-state index contributed by atoms with van der Waals surface area (Å²) in [5.41, 5.74) is 2.68. The molecule has 2 rings (SSSR count). The van der Waals surface area contributed by atoms with Gasteiger partial charge in [0.15, 0.2) is 0 Å². The lowest BCUT2D eigenvalue weighted by Crippen LogP contribution is -2.36. The molecule has 5 nitrogen and oxygen atoms in total. The second-order valence-corrected chi connectivity index (χ2v) is 4.76. The van der Waals surface area contributed by atoms with Crippen molar-refractivity contribution in [2.75, 3.05) is 7.05 Å². The van der Waals surface area contributed by atoms with E-state index in [1.54, 1.807) is 18.1 Å². The molecular formula is C14H18N4O. The van der Waals surface area contributed by atoms with Crippen LogP contribution >= 0.6 is 0 Å². The number of carbonyl (C=O) groups is 1. The van der Waals surface area contributed by atoms with Gasteiger partial charge in [0.25, 0.3) is 5.91 Å². The van der Waals surface area contributed by atoms with E-state index in [2.05, 4.69) is 15.0 Å². The Labute approximate surface area is 112 Å². The topological polar surface area (TPSA) is 61.9 Å². The van der Waals surface area contributed by atoms with E-state index in [0.29, 0.717) is 5.69 Å². The molecule has 0 aliphatic carbocycles. The van der Waals surface area contributed by atoms with Gasteiger partial charge in [-0.1, -0.05) is 0 Å². The maximum atomic E-state index is 12.1. The second kappa shape index (κ2) is 5.65. The number of imidazole rings is 1. The SMILES string of the molecule is Cc1ccnc(C[C@H](C)N(C)C(=O)c2cnc[nH]2)c1. The number of H-pyrrole nitrogens is 1. The predicted molar refractivity (Wildman–Crippen MR) is 72.8 cm³/mol. The van der Waals surface area contributed by atoms with Gasteiger partial charge in [0.05, 0.1) is 12.5 Å². The molecule has 0 fully saturated rings. The van der Waals surface area contributed by atoms with Crippen LogP contribution in [0.15, 0.2) is 30.9 Å². The minimum absolute atomic E-state index is 0.0577. The number of nitrogens with one attached hydrogen (secondary N) is 1. The third-order valence-electron chi connectivity index (χ3n) is 3.19. The summed E-state index contributed by atoms with van der Waals surface area (Å²) in [6.45, 7) is 4.05. The van der Waals surface area contributed by atoms with Crippen molar-refractivity contribution in [3.8, 4) is 0 Å². The van der Waals surface area contributed by atoms with Crippen molar-refractivity contribution in [1.82, 2.24) is 19.9 Å². The maximum Gasteiger partial charge on any atom is 0.271 e. The van der Waals surface area contributed by atoms with Crippen molar-refractivity contribution in [2.24, 2.45) is 0 Å². The summed E-state index contributed by atoms with van der Waals surface area (Å²) in [5.74, 6) is -0.0577. The highest BCUT2D eigenvalue weighted by Gasteiger charge is 2.19. The molecule has 0 aliphatic rings. The molecule has 5 heteroatoms. The number of nitrogens with zero attached hydrogens (tertiary/aromatic N) is 3. The fourth-order valence-electron chi connectivity index (χ4n) is 1.91. The predicted octanol–water partition coefficient (Wildman–Crippen LogP) is 1.82. The lowest BCUT2D eigenvalue weighted by molar-refractivity contribution is 0.0737. The molecule has 0 radical (unpaired) electrons. The van der Waals surface area contributed by atoms with E-state index in [1.807, 2.05) is 26.0 Å². The number of hydrogen-bond donors (Lipinski definition) is 1. The minimum atomic E-state index is -0.0577. The molecule has 0 saturated heterocycles. The number of hydrogen-bond acceptors (Lipinski definition) is 3. The zero-order chi connectivity index (χ0) is 13.8. The van der Waals surface area contributed by atoms with Gasteiger partial charge in [-0.05, 0) is 31.5 Å². The van der Waals surface area contributed by atoms with Crippen LogP contribution in [-0.4, -0.2) is 38.8 Å². The highest BCUT2D eigenvalue weighted by molar-refractivity contribution is 5.92. The summed E-state index contributed by atoms with van der Waals surface area (Å²) in [6.07, 6.45) is 5.58. The van der Waals surface area contributed by atoms with Gasteiger partial charge >= 0.3 is 0 Å². The van der Waals surface area contributed by atoms with Crippen molar-refractivity contribution in [3.63, 3.8) is 0 Å². The fourth-order valence-corrected chi connectivity index (χ4v) is 1.91. The van der Waals surface area contributed by atoms with Crippen LogP contribution in [0.4, 0.5) is 0 Å². The number of aromatic amines is 1. The Morgan fingerprint density at radius 1 is 1.53 bits per heavy atom. The molecule has 1 atom stereocenters. The maximum absolute atomic E-state index is 12.1. The van der Waals surface area contributed by atoms with E-state index in [9.17, 15) is 4.79 Å². The fraction of sp³-hybridized carbons (Fsp3) is 0.357. The van der Waals surface area contributed by atoms with Gasteiger partial charge in [0.1, 0.15) is 5.69 Å². The van der Waals surface area contributed by atoms with Gasteiger partial charge in [-0.25, -0.2) is 4.98 Å². The summed E-state index contributed by atoms with van der Waals surface area (Å²) in [5, 5.41) is 0. The van der Waals surface area contributed by atoms with E-state index in [0.717, 1.165) is 12.1 Å². The van der Waals surface area contributed by atoms with Crippen LogP contribution in [0.2, 0.25) is 0 Å². The standard InChI is InChI=1S/C14H18N4O/c1-10-4-5-16-12(6-10)7-11(2)18(3)14(19)13-8-15-9-17-13/h4-6,8-9,11H,7H2,1-3H3,(H,15,17)/t11-/m0/s1. The molecule has 2 aromatic rings. The summed E-state index contributed by atoms with van der Waals surface area (Å²) in [6, 6.07) is 4.09. The van der Waals surface area contributed by atoms with Gasteiger partial charge < -0.3 is 9.88 Å². The van der Waals surface area contributed by atoms with Crippen molar-refractivity contribution >= 4 is 5.91 Å². The molecule has 0 saturated carbocycles. The van der Waals surface area contributed by atoms with Crippen molar-refractivity contribution < 1.29 is 4.79 Å². The summed E-state index contributed by atoms with van der Waals surface area (Å²) in [7, 11) is 1.80. The van der Waals surface area contributed by atoms with Crippen LogP contribution in [0.1, 0.15) is 28.7 Å². The van der Waals surface area contributed by atoms with Gasteiger partial charge in [-0.15, -0.1) is 0 Å². The molecule has 0 unspecified atom stereocenters. The smallest absolute Gasteiger partial charge is 0.271 e. The first kappa shape index (κ1) is 13.3. The summed E-state index contributed by atoms with van der Waals surface area (Å²) >= 11 is 0. The summed E-state index contributed by atoms with van der Waals surface area (Å²) < 4.78 is 0. The molecule has 0 aliphatic heterocycles. The van der Waals surface area contributed by atoms with E-state index >= 15 is 0 Å². The first-order valence-corrected chi connectivity index (χ1v) is 6.25. The third-order valence-corrected chi connectivity index (χ3v) is 3.19. The van der Waals surface area contributed by atoms with Gasteiger partial charge in [0, 0.05) is 31.4 Å². The third kappa shape index (κ3) is 3.19. The average molecular weight is 258 g/mol. The van der Waals surface area contributed by atoms with Gasteiger partial charge in [-0.3, -0.25) is 9.78 Å². The van der Waals surface area contributed by atoms with Crippen LogP contribution in [0.3, 0.4) is 0 Å². The average Bonchev–Trinajstić information content (AvgIpc) is 2.90. The monoisotopic (exact) mass is 258 g/mol. The zero-order valence-corrected chi connectivity index (χ0v) is 11.4. The molecular weight excluding hydrogens is 240 g/mol. The molecule has 1 N–H and O–H groups in total. The Bertz CT molecular complexity index is 550. The minimum Gasteiger partial charge on any atom is -0.341 e. The number of likely N-dealkylation sites (N-methyl/N-ethyl adjacent to an activating group) is 1. The number of amides is 1. The van der Waals surface area contributed by atoms with Crippen LogP contribution < -0.4 is 0 Å². The van der Waals surface area contributed by atoms with Crippen molar-refractivity contribution in [3.05, 3.63) is 47.8 Å². The Balaban J connectivity index is 2.03. The molecule has 0 spiro atoms. The molecule has 0 bridgehead atoms. The number of aromatic nitrogens is 3. The van der Waals surface area contributed by atoms with Crippen molar-refractivity contribution in [2.45, 2.75) is 26.3 Å². The first-order valence-electron chi connectivity index (χ1n) is 6.25. The van der Waals surface area contributed by atoms with E-state index in [-0.39, 0.29) is 11.9 Å². The highest BCUT2D eigenvalue weighted by atomic mass is 16.2. The van der Waals surface area contributed by atoms with Crippen LogP contribution in [-0.2, 0) is 6.42 Å². The quantitative estimate of drug-likeness (QED) is 0.909. The number of carbonyl (C=O) groups excluding carboxylic acids is 1. The number of rotatable bonds is 4. The van der Waals surface area contributed by atoms with Crippen LogP contribution in [0, 0.1) is 6.92 Å². The largest absolute Gasteiger partial charge is 0.341 e. The Morgan fingerprint density at radius 3 is 2.95 bits per heavy atom. The lowest BCUT2D eigenvalue weighted by Gasteiger charge is -2.24. The molecule has 100 valence electrons. The normalized spacial score (nSPS) is 12.2. The Kier molecular flexibility index (Phi) is 3.94. The second-order valence-electron chi connectivity index (χ2n) is 4.76. The summed E-state index contributed by atoms with van der Waals surface area (Å²) in [4.78, 5) is 24.9.